The Hall–Kier alpha value is -2.65. The van der Waals surface area contributed by atoms with Gasteiger partial charge in [0.15, 0.2) is 0 Å². The summed E-state index contributed by atoms with van der Waals surface area (Å²) in [6, 6.07) is 3.37. The van der Waals surface area contributed by atoms with Crippen LogP contribution in [0, 0.1) is 18.8 Å². The first-order valence-corrected chi connectivity index (χ1v) is 5.98. The predicted molar refractivity (Wildman–Crippen MR) is 74.1 cm³/mol. The van der Waals surface area contributed by atoms with Crippen molar-refractivity contribution < 1.29 is 9.90 Å². The molecule has 0 spiro atoms. The Labute approximate surface area is 116 Å². The second-order valence-corrected chi connectivity index (χ2v) is 4.12. The Kier molecular flexibility index (Phi) is 4.13. The van der Waals surface area contributed by atoms with Gasteiger partial charge in [-0.15, -0.1) is 0 Å². The van der Waals surface area contributed by atoms with E-state index in [9.17, 15) is 4.79 Å². The van der Waals surface area contributed by atoms with E-state index < -0.39 is 0 Å². The van der Waals surface area contributed by atoms with Crippen LogP contribution in [0.5, 0.6) is 0 Å². The van der Waals surface area contributed by atoms with Crippen LogP contribution in [0.1, 0.15) is 21.7 Å². The van der Waals surface area contributed by atoms with Gasteiger partial charge >= 0.3 is 0 Å². The van der Waals surface area contributed by atoms with E-state index in [1.54, 1.807) is 37.0 Å². The second kappa shape index (κ2) is 5.99. The highest BCUT2D eigenvalue weighted by Crippen LogP contribution is 2.13. The van der Waals surface area contributed by atoms with Crippen LogP contribution in [0.15, 0.2) is 24.5 Å². The Balaban J connectivity index is 2.28. The van der Waals surface area contributed by atoms with Crippen LogP contribution in [0.3, 0.4) is 0 Å². The molecule has 2 heterocycles. The first-order valence-electron chi connectivity index (χ1n) is 5.98. The van der Waals surface area contributed by atoms with Crippen LogP contribution in [0.4, 0.5) is 5.69 Å². The lowest BCUT2D eigenvalue weighted by Gasteiger charge is -2.04. The summed E-state index contributed by atoms with van der Waals surface area (Å²) in [5.41, 5.74) is 2.04. The average molecular weight is 270 g/mol. The fraction of sp³-hybridized carbons (Fsp3) is 0.214. The van der Waals surface area contributed by atoms with Crippen molar-refractivity contribution in [3.8, 4) is 11.8 Å². The monoisotopic (exact) mass is 270 g/mol. The van der Waals surface area contributed by atoms with Gasteiger partial charge in [-0.25, -0.2) is 4.98 Å². The zero-order valence-electron chi connectivity index (χ0n) is 11.2. The molecule has 0 aliphatic rings. The molecule has 6 heteroatoms. The zero-order chi connectivity index (χ0) is 14.5. The van der Waals surface area contributed by atoms with Crippen molar-refractivity contribution in [3.63, 3.8) is 0 Å². The number of aromatic nitrogens is 3. The van der Waals surface area contributed by atoms with Crippen molar-refractivity contribution >= 4 is 11.6 Å². The Bertz CT molecular complexity index is 695. The Morgan fingerprint density at radius 1 is 1.55 bits per heavy atom. The summed E-state index contributed by atoms with van der Waals surface area (Å²) >= 11 is 0. The summed E-state index contributed by atoms with van der Waals surface area (Å²) < 4.78 is 1.62. The van der Waals surface area contributed by atoms with Crippen molar-refractivity contribution in [2.45, 2.75) is 6.92 Å². The van der Waals surface area contributed by atoms with E-state index in [0.29, 0.717) is 11.3 Å². The average Bonchev–Trinajstić information content (AvgIpc) is 2.75. The summed E-state index contributed by atoms with van der Waals surface area (Å²) in [6.07, 6.45) is 3.24. The third-order valence-corrected chi connectivity index (χ3v) is 2.59. The quantitative estimate of drug-likeness (QED) is 0.788. The van der Waals surface area contributed by atoms with Gasteiger partial charge in [0, 0.05) is 19.4 Å². The number of hydrogen-bond acceptors (Lipinski definition) is 4. The molecule has 6 nitrogen and oxygen atoms in total. The SMILES string of the molecule is Cc1nn(C)cc1NC(=O)c1ncccc1C#CCO. The number of pyridine rings is 1. The van der Waals surface area contributed by atoms with Gasteiger partial charge in [0.05, 0.1) is 16.9 Å². The first-order chi connectivity index (χ1) is 9.61. The molecule has 2 N–H and O–H groups in total. The fourth-order valence-corrected chi connectivity index (χ4v) is 1.73. The largest absolute Gasteiger partial charge is 0.384 e. The number of rotatable bonds is 2. The lowest BCUT2D eigenvalue weighted by molar-refractivity contribution is 0.102. The van der Waals surface area contributed by atoms with E-state index in [2.05, 4.69) is 27.2 Å². The number of aryl methyl sites for hydroxylation is 2. The van der Waals surface area contributed by atoms with E-state index >= 15 is 0 Å². The minimum atomic E-state index is -0.357. The number of nitrogens with zero attached hydrogens (tertiary/aromatic N) is 3. The Morgan fingerprint density at radius 2 is 2.35 bits per heavy atom. The summed E-state index contributed by atoms with van der Waals surface area (Å²) in [7, 11) is 1.78. The molecular weight excluding hydrogens is 256 g/mol. The van der Waals surface area contributed by atoms with Crippen molar-refractivity contribution in [3.05, 3.63) is 41.5 Å². The number of amides is 1. The topological polar surface area (TPSA) is 80.0 Å². The molecule has 0 fully saturated rings. The summed E-state index contributed by atoms with van der Waals surface area (Å²) in [5.74, 6) is 4.86. The molecule has 0 atom stereocenters. The maximum Gasteiger partial charge on any atom is 0.275 e. The zero-order valence-corrected chi connectivity index (χ0v) is 11.2. The van der Waals surface area contributed by atoms with Gasteiger partial charge in [-0.05, 0) is 19.1 Å². The minimum absolute atomic E-state index is 0.219. The number of nitrogens with one attached hydrogen (secondary N) is 1. The molecule has 0 saturated heterocycles. The van der Waals surface area contributed by atoms with Crippen molar-refractivity contribution in [1.29, 1.82) is 0 Å². The highest BCUT2D eigenvalue weighted by molar-refractivity contribution is 6.04. The second-order valence-electron chi connectivity index (χ2n) is 4.12. The molecule has 2 aromatic rings. The van der Waals surface area contributed by atoms with Gasteiger partial charge in [0.2, 0.25) is 0 Å². The normalized spacial score (nSPS) is 9.75. The van der Waals surface area contributed by atoms with Gasteiger partial charge in [0.1, 0.15) is 12.3 Å². The summed E-state index contributed by atoms with van der Waals surface area (Å²) in [6.45, 7) is 1.54. The van der Waals surface area contributed by atoms with E-state index in [0.717, 1.165) is 5.69 Å². The molecule has 102 valence electrons. The highest BCUT2D eigenvalue weighted by atomic mass is 16.2. The number of hydrogen-bond donors (Lipinski definition) is 2. The first kappa shape index (κ1) is 13.8. The molecule has 2 aromatic heterocycles. The van der Waals surface area contributed by atoms with Crippen LogP contribution < -0.4 is 5.32 Å². The fourth-order valence-electron chi connectivity index (χ4n) is 1.73. The number of aliphatic hydroxyl groups is 1. The van der Waals surface area contributed by atoms with E-state index in [1.807, 2.05) is 0 Å². The minimum Gasteiger partial charge on any atom is -0.384 e. The van der Waals surface area contributed by atoms with Gasteiger partial charge in [-0.2, -0.15) is 5.10 Å². The van der Waals surface area contributed by atoms with E-state index in [4.69, 9.17) is 5.11 Å². The number of carbonyl (C=O) groups is 1. The number of aliphatic hydroxyl groups excluding tert-OH is 1. The molecule has 0 saturated carbocycles. The maximum atomic E-state index is 12.2. The predicted octanol–water partition coefficient (Wildman–Crippen LogP) is 0.720. The molecule has 20 heavy (non-hydrogen) atoms. The van der Waals surface area contributed by atoms with Crippen LogP contribution in [-0.2, 0) is 7.05 Å². The molecule has 0 bridgehead atoms. The maximum absolute atomic E-state index is 12.2. The summed E-state index contributed by atoms with van der Waals surface area (Å²) in [4.78, 5) is 16.3. The molecule has 1 amide bonds. The molecule has 0 aliphatic heterocycles. The highest BCUT2D eigenvalue weighted by Gasteiger charge is 2.14. The van der Waals surface area contributed by atoms with Gasteiger partial charge in [-0.3, -0.25) is 9.48 Å². The lowest BCUT2D eigenvalue weighted by Crippen LogP contribution is -2.15. The van der Waals surface area contributed by atoms with Crippen molar-refractivity contribution in [2.24, 2.45) is 7.05 Å². The third-order valence-electron chi connectivity index (χ3n) is 2.59. The van der Waals surface area contributed by atoms with Crippen LogP contribution in [0.2, 0.25) is 0 Å². The molecule has 0 aliphatic carbocycles. The van der Waals surface area contributed by atoms with E-state index in [1.165, 1.54) is 6.20 Å². The van der Waals surface area contributed by atoms with E-state index in [-0.39, 0.29) is 18.2 Å². The summed E-state index contributed by atoms with van der Waals surface area (Å²) in [5, 5.41) is 15.6. The molecule has 0 radical (unpaired) electrons. The molecule has 2 rings (SSSR count). The lowest BCUT2D eigenvalue weighted by atomic mass is 10.2. The molecule has 0 aromatic carbocycles. The molecular formula is C14H14N4O2. The van der Waals surface area contributed by atoms with Crippen molar-refractivity contribution in [1.82, 2.24) is 14.8 Å². The Morgan fingerprint density at radius 3 is 3.00 bits per heavy atom. The van der Waals surface area contributed by atoms with Crippen molar-refractivity contribution in [2.75, 3.05) is 11.9 Å². The van der Waals surface area contributed by atoms with Crippen LogP contribution >= 0.6 is 0 Å². The van der Waals surface area contributed by atoms with Gasteiger partial charge in [-0.1, -0.05) is 11.8 Å². The smallest absolute Gasteiger partial charge is 0.275 e. The van der Waals surface area contributed by atoms with Crippen LogP contribution in [-0.4, -0.2) is 32.4 Å². The number of anilines is 1. The van der Waals surface area contributed by atoms with Gasteiger partial charge < -0.3 is 10.4 Å². The van der Waals surface area contributed by atoms with Crippen LogP contribution in [0.25, 0.3) is 0 Å². The standard InChI is InChI=1S/C14H14N4O2/c1-10-12(9-18(2)17-10)16-14(20)13-11(6-4-8-19)5-3-7-15-13/h3,5,7,9,19H,8H2,1-2H3,(H,16,20). The molecule has 0 unspecified atom stereocenters. The van der Waals surface area contributed by atoms with Gasteiger partial charge in [0.25, 0.3) is 5.91 Å². The third kappa shape index (κ3) is 3.02. The number of carbonyl (C=O) groups excluding carboxylic acids is 1.